The molecule has 0 radical (unpaired) electrons. The molecule has 90 valence electrons. The second-order valence-electron chi connectivity index (χ2n) is 4.16. The summed E-state index contributed by atoms with van der Waals surface area (Å²) < 4.78 is 0. The van der Waals surface area contributed by atoms with Gasteiger partial charge in [-0.3, -0.25) is 0 Å². The first kappa shape index (κ1) is 12.6. The minimum absolute atomic E-state index is 0.428. The van der Waals surface area contributed by atoms with Crippen LogP contribution in [-0.4, -0.2) is 6.04 Å². The van der Waals surface area contributed by atoms with Gasteiger partial charge in [0.2, 0.25) is 0 Å². The third-order valence-electron chi connectivity index (χ3n) is 2.69. The molecular weight excluding hydrogens is 250 g/mol. The lowest BCUT2D eigenvalue weighted by molar-refractivity contribution is 0.549. The fraction of sp³-hybridized carbons (Fsp3) is 0.286. The van der Waals surface area contributed by atoms with Crippen LogP contribution >= 0.6 is 22.9 Å². The Labute approximate surface area is 111 Å². The summed E-state index contributed by atoms with van der Waals surface area (Å²) in [4.78, 5) is 1.37. The Hall–Kier alpha value is -0.830. The predicted molar refractivity (Wildman–Crippen MR) is 75.8 cm³/mol. The average Bonchev–Trinajstić information content (AvgIpc) is 2.82. The van der Waals surface area contributed by atoms with Crippen LogP contribution < -0.4 is 5.32 Å². The lowest BCUT2D eigenvalue weighted by atomic mass is 10.1. The summed E-state index contributed by atoms with van der Waals surface area (Å²) in [5, 5.41) is 6.48. The Balaban J connectivity index is 1.85. The molecule has 0 fully saturated rings. The highest BCUT2D eigenvalue weighted by Gasteiger charge is 2.06. The minimum Gasteiger partial charge on any atom is -0.309 e. The van der Waals surface area contributed by atoms with Gasteiger partial charge in [-0.15, -0.1) is 11.3 Å². The standard InChI is InChI=1S/C14H16ClNS/c1-11(16-10-13-6-4-8-17-13)9-12-5-2-3-7-14(12)15/h2-8,11,16H,9-10H2,1H3. The van der Waals surface area contributed by atoms with Crippen molar-refractivity contribution in [2.24, 2.45) is 0 Å². The van der Waals surface area contributed by atoms with Crippen molar-refractivity contribution in [1.82, 2.24) is 5.32 Å². The number of nitrogens with one attached hydrogen (secondary N) is 1. The largest absolute Gasteiger partial charge is 0.309 e. The second kappa shape index (κ2) is 6.20. The number of rotatable bonds is 5. The van der Waals surface area contributed by atoms with Crippen LogP contribution in [0.3, 0.4) is 0 Å². The fourth-order valence-electron chi connectivity index (χ4n) is 1.75. The van der Waals surface area contributed by atoms with Crippen LogP contribution in [0.15, 0.2) is 41.8 Å². The number of thiophene rings is 1. The van der Waals surface area contributed by atoms with Crippen LogP contribution in [0.4, 0.5) is 0 Å². The molecule has 1 unspecified atom stereocenters. The molecule has 0 aliphatic heterocycles. The van der Waals surface area contributed by atoms with Crippen molar-refractivity contribution in [1.29, 1.82) is 0 Å². The summed E-state index contributed by atoms with van der Waals surface area (Å²) in [5.74, 6) is 0. The van der Waals surface area contributed by atoms with Crippen LogP contribution in [0, 0.1) is 0 Å². The molecule has 1 atom stereocenters. The van der Waals surface area contributed by atoms with Gasteiger partial charge in [-0.2, -0.15) is 0 Å². The molecule has 17 heavy (non-hydrogen) atoms. The molecule has 0 saturated carbocycles. The fourth-order valence-corrected chi connectivity index (χ4v) is 2.62. The zero-order valence-electron chi connectivity index (χ0n) is 9.82. The molecule has 3 heteroatoms. The van der Waals surface area contributed by atoms with Crippen LogP contribution in [0.1, 0.15) is 17.4 Å². The molecule has 1 aromatic carbocycles. The Kier molecular flexibility index (Phi) is 4.60. The Bertz CT molecular complexity index is 453. The van der Waals surface area contributed by atoms with E-state index in [4.69, 9.17) is 11.6 Å². The van der Waals surface area contributed by atoms with Gasteiger partial charge in [0.15, 0.2) is 0 Å². The average molecular weight is 266 g/mol. The van der Waals surface area contributed by atoms with Gasteiger partial charge in [-0.05, 0) is 36.4 Å². The topological polar surface area (TPSA) is 12.0 Å². The Morgan fingerprint density at radius 3 is 2.76 bits per heavy atom. The quantitative estimate of drug-likeness (QED) is 0.857. The van der Waals surface area contributed by atoms with E-state index in [1.807, 2.05) is 18.2 Å². The first-order chi connectivity index (χ1) is 8.25. The van der Waals surface area contributed by atoms with E-state index in [-0.39, 0.29) is 0 Å². The molecule has 0 spiro atoms. The van der Waals surface area contributed by atoms with Crippen molar-refractivity contribution in [3.63, 3.8) is 0 Å². The number of hydrogen-bond donors (Lipinski definition) is 1. The van der Waals surface area contributed by atoms with Crippen molar-refractivity contribution < 1.29 is 0 Å². The van der Waals surface area contributed by atoms with Crippen molar-refractivity contribution in [3.05, 3.63) is 57.2 Å². The van der Waals surface area contributed by atoms with E-state index in [1.54, 1.807) is 11.3 Å². The number of halogens is 1. The highest BCUT2D eigenvalue weighted by atomic mass is 35.5. The van der Waals surface area contributed by atoms with Crippen molar-refractivity contribution >= 4 is 22.9 Å². The van der Waals surface area contributed by atoms with Crippen LogP contribution in [-0.2, 0) is 13.0 Å². The van der Waals surface area contributed by atoms with Gasteiger partial charge >= 0.3 is 0 Å². The molecule has 2 rings (SSSR count). The number of hydrogen-bond acceptors (Lipinski definition) is 2. The SMILES string of the molecule is CC(Cc1ccccc1Cl)NCc1cccs1. The van der Waals surface area contributed by atoms with E-state index < -0.39 is 0 Å². The summed E-state index contributed by atoms with van der Waals surface area (Å²) in [6.45, 7) is 3.13. The molecular formula is C14H16ClNS. The summed E-state index contributed by atoms with van der Waals surface area (Å²) in [7, 11) is 0. The maximum absolute atomic E-state index is 6.14. The smallest absolute Gasteiger partial charge is 0.0438 e. The van der Waals surface area contributed by atoms with E-state index in [9.17, 15) is 0 Å². The number of benzene rings is 1. The molecule has 0 amide bonds. The van der Waals surface area contributed by atoms with Gasteiger partial charge in [0.05, 0.1) is 0 Å². The molecule has 0 aliphatic rings. The highest BCUT2D eigenvalue weighted by Crippen LogP contribution is 2.17. The molecule has 0 saturated heterocycles. The van der Waals surface area contributed by atoms with Gasteiger partial charge in [-0.25, -0.2) is 0 Å². The van der Waals surface area contributed by atoms with Crippen LogP contribution in [0.5, 0.6) is 0 Å². The zero-order valence-corrected chi connectivity index (χ0v) is 11.4. The van der Waals surface area contributed by atoms with E-state index in [2.05, 4.69) is 35.8 Å². The zero-order chi connectivity index (χ0) is 12.1. The van der Waals surface area contributed by atoms with Gasteiger partial charge < -0.3 is 5.32 Å². The van der Waals surface area contributed by atoms with Gasteiger partial charge in [-0.1, -0.05) is 35.9 Å². The normalized spacial score (nSPS) is 12.6. The predicted octanol–water partition coefficient (Wildman–Crippen LogP) is 4.12. The summed E-state index contributed by atoms with van der Waals surface area (Å²) in [6, 6.07) is 12.7. The van der Waals surface area contributed by atoms with E-state index >= 15 is 0 Å². The van der Waals surface area contributed by atoms with E-state index in [0.717, 1.165) is 18.0 Å². The van der Waals surface area contributed by atoms with Crippen molar-refractivity contribution in [2.75, 3.05) is 0 Å². The monoisotopic (exact) mass is 265 g/mol. The summed E-state index contributed by atoms with van der Waals surface area (Å²) >= 11 is 7.93. The Morgan fingerprint density at radius 1 is 1.24 bits per heavy atom. The first-order valence-corrected chi connectivity index (χ1v) is 7.00. The maximum Gasteiger partial charge on any atom is 0.0438 e. The van der Waals surface area contributed by atoms with Crippen LogP contribution in [0.2, 0.25) is 5.02 Å². The second-order valence-corrected chi connectivity index (χ2v) is 5.60. The van der Waals surface area contributed by atoms with E-state index in [1.165, 1.54) is 10.4 Å². The summed E-state index contributed by atoms with van der Waals surface area (Å²) in [5.41, 5.74) is 1.21. The maximum atomic E-state index is 6.14. The molecule has 1 heterocycles. The highest BCUT2D eigenvalue weighted by molar-refractivity contribution is 7.09. The molecule has 1 nitrogen and oxygen atoms in total. The molecule has 1 aromatic heterocycles. The third-order valence-corrected chi connectivity index (χ3v) is 3.93. The first-order valence-electron chi connectivity index (χ1n) is 5.75. The molecule has 2 aromatic rings. The van der Waals surface area contributed by atoms with E-state index in [0.29, 0.717) is 6.04 Å². The third kappa shape index (κ3) is 3.84. The lowest BCUT2D eigenvalue weighted by Crippen LogP contribution is -2.27. The van der Waals surface area contributed by atoms with Gasteiger partial charge in [0, 0.05) is 22.5 Å². The summed E-state index contributed by atoms with van der Waals surface area (Å²) in [6.07, 6.45) is 0.963. The molecule has 0 aliphatic carbocycles. The Morgan fingerprint density at radius 2 is 2.06 bits per heavy atom. The molecule has 0 bridgehead atoms. The lowest BCUT2D eigenvalue weighted by Gasteiger charge is -2.14. The van der Waals surface area contributed by atoms with Crippen molar-refractivity contribution in [3.8, 4) is 0 Å². The van der Waals surface area contributed by atoms with Gasteiger partial charge in [0.1, 0.15) is 0 Å². The van der Waals surface area contributed by atoms with Crippen molar-refractivity contribution in [2.45, 2.75) is 25.9 Å². The van der Waals surface area contributed by atoms with Crippen LogP contribution in [0.25, 0.3) is 0 Å². The molecule has 1 N–H and O–H groups in total. The van der Waals surface area contributed by atoms with Gasteiger partial charge in [0.25, 0.3) is 0 Å². The minimum atomic E-state index is 0.428.